The van der Waals surface area contributed by atoms with Gasteiger partial charge in [-0.25, -0.2) is 4.39 Å². The van der Waals surface area contributed by atoms with Crippen molar-refractivity contribution in [1.29, 1.82) is 0 Å². The van der Waals surface area contributed by atoms with Crippen molar-refractivity contribution in [2.24, 2.45) is 17.6 Å². The maximum absolute atomic E-state index is 14.4. The van der Waals surface area contributed by atoms with E-state index >= 15 is 0 Å². The molecule has 2 unspecified atom stereocenters. The fourth-order valence-corrected chi connectivity index (χ4v) is 5.26. The molecule has 2 atom stereocenters. The molecule has 1 saturated carbocycles. The van der Waals surface area contributed by atoms with Crippen LogP contribution in [-0.2, 0) is 11.3 Å². The first kappa shape index (κ1) is 26.6. The summed E-state index contributed by atoms with van der Waals surface area (Å²) in [5.74, 6) is -0.103. The zero-order valence-corrected chi connectivity index (χ0v) is 21.5. The zero-order valence-electron chi connectivity index (χ0n) is 21.5. The maximum Gasteiger partial charge on any atom is 0.229 e. The summed E-state index contributed by atoms with van der Waals surface area (Å²) in [5.41, 5.74) is 9.96. The van der Waals surface area contributed by atoms with Crippen LogP contribution in [0.4, 0.5) is 4.39 Å². The average Bonchev–Trinajstić information content (AvgIpc) is 3.45. The van der Waals surface area contributed by atoms with Crippen molar-refractivity contribution in [1.82, 2.24) is 26.2 Å². The highest BCUT2D eigenvalue weighted by molar-refractivity contribution is 5.81. The molecule has 35 heavy (non-hydrogen) atoms. The highest BCUT2D eigenvalue weighted by Gasteiger charge is 2.35. The van der Waals surface area contributed by atoms with Crippen LogP contribution < -0.4 is 27.0 Å². The van der Waals surface area contributed by atoms with Gasteiger partial charge in [0, 0.05) is 33.4 Å². The van der Waals surface area contributed by atoms with E-state index in [0.29, 0.717) is 18.0 Å². The minimum Gasteiger partial charge on any atom is -0.405 e. The molecule has 1 amide bonds. The number of amides is 1. The van der Waals surface area contributed by atoms with Crippen molar-refractivity contribution in [2.45, 2.75) is 51.7 Å². The van der Waals surface area contributed by atoms with E-state index < -0.39 is 0 Å². The zero-order chi connectivity index (χ0) is 25.4. The van der Waals surface area contributed by atoms with Gasteiger partial charge in [-0.2, -0.15) is 0 Å². The summed E-state index contributed by atoms with van der Waals surface area (Å²) >= 11 is 0. The molecule has 1 aromatic rings. The van der Waals surface area contributed by atoms with Gasteiger partial charge in [0.2, 0.25) is 5.91 Å². The first-order valence-electron chi connectivity index (χ1n) is 12.6. The maximum atomic E-state index is 14.4. The summed E-state index contributed by atoms with van der Waals surface area (Å²) in [4.78, 5) is 15.4. The summed E-state index contributed by atoms with van der Waals surface area (Å²) in [5, 5.41) is 12.7. The highest BCUT2D eigenvalue weighted by atomic mass is 19.1. The van der Waals surface area contributed by atoms with Crippen LogP contribution in [0.5, 0.6) is 0 Å². The Kier molecular flexibility index (Phi) is 9.60. The third-order valence-corrected chi connectivity index (χ3v) is 7.02. The van der Waals surface area contributed by atoms with Gasteiger partial charge in [-0.15, -0.1) is 0 Å². The molecule has 0 bridgehead atoms. The Hall–Kier alpha value is -3.00. The summed E-state index contributed by atoms with van der Waals surface area (Å²) < 4.78 is 14.4. The van der Waals surface area contributed by atoms with E-state index in [4.69, 9.17) is 5.73 Å². The van der Waals surface area contributed by atoms with Gasteiger partial charge < -0.3 is 31.9 Å². The first-order chi connectivity index (χ1) is 16.9. The van der Waals surface area contributed by atoms with Gasteiger partial charge in [0.05, 0.1) is 23.5 Å². The van der Waals surface area contributed by atoms with Crippen LogP contribution in [0, 0.1) is 17.7 Å². The van der Waals surface area contributed by atoms with Gasteiger partial charge in [-0.05, 0) is 73.5 Å². The molecule has 6 N–H and O–H groups in total. The number of carbonyl (C=O) groups is 1. The van der Waals surface area contributed by atoms with Crippen LogP contribution >= 0.6 is 0 Å². The largest absolute Gasteiger partial charge is 0.405 e. The molecule has 0 saturated heterocycles. The van der Waals surface area contributed by atoms with Crippen LogP contribution in [-0.4, -0.2) is 44.7 Å². The number of nitrogens with two attached hydrogens (primary N) is 1. The van der Waals surface area contributed by atoms with Crippen molar-refractivity contribution in [3.8, 4) is 0 Å². The number of rotatable bonds is 11. The Bertz CT molecular complexity index is 966. The second-order valence-electron chi connectivity index (χ2n) is 9.59. The first-order valence-corrected chi connectivity index (χ1v) is 12.6. The topological polar surface area (TPSA) is 94.4 Å². The van der Waals surface area contributed by atoms with Gasteiger partial charge in [0.1, 0.15) is 5.82 Å². The van der Waals surface area contributed by atoms with Crippen LogP contribution in [0.15, 0.2) is 48.1 Å². The minimum absolute atomic E-state index is 0.106. The second kappa shape index (κ2) is 12.6. The Morgan fingerprint density at radius 1 is 1.29 bits per heavy atom. The lowest BCUT2D eigenvalue weighted by Crippen LogP contribution is -2.39. The summed E-state index contributed by atoms with van der Waals surface area (Å²) in [6.07, 6.45) is 11.6. The molecule has 0 spiro atoms. The molecule has 3 rings (SSSR count). The number of allylic oxidation sites excluding steroid dienone is 1. The monoisotopic (exact) mass is 484 g/mol. The number of benzene rings is 1. The van der Waals surface area contributed by atoms with E-state index in [2.05, 4.69) is 26.2 Å². The average molecular weight is 485 g/mol. The smallest absolute Gasteiger partial charge is 0.229 e. The molecule has 2 aliphatic rings. The lowest BCUT2D eigenvalue weighted by Gasteiger charge is -2.29. The SMILES string of the molecule is CN/C=C(\CNC)c1cc(F)cc(CNC(=O)C(C)C2=C(/C=C\N)NC(CC3CCCC3)N2C)c1. The number of hydrogen-bond acceptors (Lipinski definition) is 6. The fourth-order valence-electron chi connectivity index (χ4n) is 5.26. The standard InChI is InChI=1S/C27H41FN6O/c1-18(26-24(9-10-29)33-25(34(26)4)13-19-7-5-6-8-19)27(35)32-15-20-11-21(14-23(28)12-20)22(16-30-2)17-31-3/h9-12,14,16,18-19,25,30-31,33H,5-8,13,15,17,29H2,1-4H3,(H,32,35)/b10-9-,22-16+. The van der Waals surface area contributed by atoms with E-state index in [1.54, 1.807) is 0 Å². The molecule has 1 aromatic carbocycles. The third kappa shape index (κ3) is 6.78. The number of carbonyl (C=O) groups excluding carboxylic acids is 1. The van der Waals surface area contributed by atoms with Crippen LogP contribution in [0.3, 0.4) is 0 Å². The lowest BCUT2D eigenvalue weighted by atomic mass is 10.0. The third-order valence-electron chi connectivity index (χ3n) is 7.02. The Morgan fingerprint density at radius 3 is 2.69 bits per heavy atom. The normalized spacial score (nSPS) is 20.0. The Balaban J connectivity index is 1.70. The lowest BCUT2D eigenvalue weighted by molar-refractivity contribution is -0.124. The van der Waals surface area contributed by atoms with Gasteiger partial charge >= 0.3 is 0 Å². The van der Waals surface area contributed by atoms with Gasteiger partial charge in [-0.3, -0.25) is 4.79 Å². The molecule has 1 fully saturated rings. The summed E-state index contributed by atoms with van der Waals surface area (Å²) in [7, 11) is 5.70. The number of halogens is 1. The molecule has 192 valence electrons. The van der Waals surface area contributed by atoms with Crippen molar-refractivity contribution in [3.63, 3.8) is 0 Å². The molecular formula is C27H41FN6O. The molecule has 1 aliphatic carbocycles. The van der Waals surface area contributed by atoms with Crippen LogP contribution in [0.1, 0.15) is 50.2 Å². The summed E-state index contributed by atoms with van der Waals surface area (Å²) in [6.45, 7) is 2.75. The molecular weight excluding hydrogens is 443 g/mol. The van der Waals surface area contributed by atoms with Crippen molar-refractivity contribution >= 4 is 11.5 Å². The molecule has 8 heteroatoms. The summed E-state index contributed by atoms with van der Waals surface area (Å²) in [6, 6.07) is 4.89. The number of nitrogens with zero attached hydrogens (tertiary/aromatic N) is 1. The van der Waals surface area contributed by atoms with Crippen molar-refractivity contribution in [2.75, 3.05) is 27.7 Å². The molecule has 0 radical (unpaired) electrons. The number of hydrogen-bond donors (Lipinski definition) is 5. The van der Waals surface area contributed by atoms with Crippen LogP contribution in [0.25, 0.3) is 5.57 Å². The number of likely N-dealkylation sites (N-methyl/N-ethyl adjacent to an activating group) is 1. The molecule has 1 aliphatic heterocycles. The van der Waals surface area contributed by atoms with Crippen LogP contribution in [0.2, 0.25) is 0 Å². The van der Waals surface area contributed by atoms with E-state index in [9.17, 15) is 9.18 Å². The molecule has 7 nitrogen and oxygen atoms in total. The Labute approximate surface area is 209 Å². The predicted octanol–water partition coefficient (Wildman–Crippen LogP) is 2.98. The molecule has 0 aromatic heterocycles. The fraction of sp³-hybridized carbons (Fsp3) is 0.519. The van der Waals surface area contributed by atoms with E-state index in [1.165, 1.54) is 44.0 Å². The Morgan fingerprint density at radius 2 is 2.03 bits per heavy atom. The second-order valence-corrected chi connectivity index (χ2v) is 9.59. The van der Waals surface area contributed by atoms with Gasteiger partial charge in [-0.1, -0.05) is 25.7 Å². The van der Waals surface area contributed by atoms with Gasteiger partial charge in [0.25, 0.3) is 0 Å². The van der Waals surface area contributed by atoms with Gasteiger partial charge in [0.15, 0.2) is 0 Å². The molecule has 1 heterocycles. The van der Waals surface area contributed by atoms with Crippen molar-refractivity contribution in [3.05, 3.63) is 65.0 Å². The van der Waals surface area contributed by atoms with E-state index in [0.717, 1.165) is 29.0 Å². The van der Waals surface area contributed by atoms with Crippen molar-refractivity contribution < 1.29 is 9.18 Å². The predicted molar refractivity (Wildman–Crippen MR) is 140 cm³/mol. The highest BCUT2D eigenvalue weighted by Crippen LogP contribution is 2.34. The minimum atomic E-state index is -0.385. The van der Waals surface area contributed by atoms with E-state index in [1.807, 2.05) is 46.4 Å². The number of nitrogens with one attached hydrogen (secondary N) is 4. The quantitative estimate of drug-likeness (QED) is 0.332. The van der Waals surface area contributed by atoms with E-state index in [-0.39, 0.29) is 30.4 Å².